The molecule has 0 aromatic carbocycles. The number of nitrogens with zero attached hydrogens (tertiary/aromatic N) is 2. The van der Waals surface area contributed by atoms with Crippen molar-refractivity contribution in [2.24, 2.45) is 5.92 Å². The molecule has 20 heavy (non-hydrogen) atoms. The molecule has 5 nitrogen and oxygen atoms in total. The standard InChI is InChI=1S/C12H20F3N3O2/c1-9(19)18-6-5-17(4-3-12(13,14)15)7-10(8-18)11(20)16-2/h10H,3-8H2,1-2H3,(H,16,20)/t10-/m0/s1. The van der Waals surface area contributed by atoms with Gasteiger partial charge in [0.1, 0.15) is 0 Å². The number of alkyl halides is 3. The molecule has 1 atom stereocenters. The fourth-order valence-corrected chi connectivity index (χ4v) is 2.22. The summed E-state index contributed by atoms with van der Waals surface area (Å²) in [4.78, 5) is 26.3. The van der Waals surface area contributed by atoms with E-state index >= 15 is 0 Å². The van der Waals surface area contributed by atoms with Crippen LogP contribution < -0.4 is 5.32 Å². The molecule has 1 aliphatic rings. The Kier molecular flexibility index (Phi) is 5.79. The minimum absolute atomic E-state index is 0.150. The van der Waals surface area contributed by atoms with Crippen molar-refractivity contribution < 1.29 is 22.8 Å². The fourth-order valence-electron chi connectivity index (χ4n) is 2.22. The van der Waals surface area contributed by atoms with E-state index in [2.05, 4.69) is 5.32 Å². The fraction of sp³-hybridized carbons (Fsp3) is 0.833. The number of hydrogen-bond acceptors (Lipinski definition) is 3. The third-order valence-electron chi connectivity index (χ3n) is 3.38. The van der Waals surface area contributed by atoms with Crippen molar-refractivity contribution in [3.8, 4) is 0 Å². The van der Waals surface area contributed by atoms with E-state index in [1.807, 2.05) is 0 Å². The number of carbonyl (C=O) groups is 2. The van der Waals surface area contributed by atoms with E-state index in [9.17, 15) is 22.8 Å². The first kappa shape index (κ1) is 16.7. The highest BCUT2D eigenvalue weighted by atomic mass is 19.4. The summed E-state index contributed by atoms with van der Waals surface area (Å²) in [5.41, 5.74) is 0. The van der Waals surface area contributed by atoms with Gasteiger partial charge in [-0.25, -0.2) is 0 Å². The molecule has 116 valence electrons. The van der Waals surface area contributed by atoms with E-state index in [1.54, 1.807) is 4.90 Å². The minimum Gasteiger partial charge on any atom is -0.359 e. The highest BCUT2D eigenvalue weighted by molar-refractivity contribution is 5.80. The van der Waals surface area contributed by atoms with Gasteiger partial charge in [-0.15, -0.1) is 0 Å². The van der Waals surface area contributed by atoms with Crippen LogP contribution in [0.25, 0.3) is 0 Å². The van der Waals surface area contributed by atoms with Crippen LogP contribution in [0.1, 0.15) is 13.3 Å². The molecule has 0 saturated carbocycles. The summed E-state index contributed by atoms with van der Waals surface area (Å²) < 4.78 is 36.8. The molecule has 0 bridgehead atoms. The van der Waals surface area contributed by atoms with Gasteiger partial charge >= 0.3 is 6.18 Å². The number of hydrogen-bond donors (Lipinski definition) is 1. The molecule has 0 aromatic heterocycles. The molecule has 1 saturated heterocycles. The van der Waals surface area contributed by atoms with Gasteiger partial charge in [-0.1, -0.05) is 0 Å². The van der Waals surface area contributed by atoms with Crippen molar-refractivity contribution >= 4 is 11.8 Å². The van der Waals surface area contributed by atoms with Crippen LogP contribution in [0.3, 0.4) is 0 Å². The Morgan fingerprint density at radius 3 is 2.40 bits per heavy atom. The second-order valence-corrected chi connectivity index (χ2v) is 4.94. The van der Waals surface area contributed by atoms with Crippen molar-refractivity contribution in [2.45, 2.75) is 19.5 Å². The Hall–Kier alpha value is -1.31. The summed E-state index contributed by atoms with van der Waals surface area (Å²) in [5.74, 6) is -0.925. The number of amides is 2. The SMILES string of the molecule is CNC(=O)[C@H]1CN(CCC(F)(F)F)CCN(C(C)=O)C1. The zero-order valence-corrected chi connectivity index (χ0v) is 11.7. The van der Waals surface area contributed by atoms with Crippen LogP contribution >= 0.6 is 0 Å². The van der Waals surface area contributed by atoms with E-state index in [4.69, 9.17) is 0 Å². The van der Waals surface area contributed by atoms with Gasteiger partial charge in [-0.3, -0.25) is 9.59 Å². The van der Waals surface area contributed by atoms with Crippen LogP contribution in [0.5, 0.6) is 0 Å². The summed E-state index contributed by atoms with van der Waals surface area (Å²) in [6.45, 7) is 2.43. The third-order valence-corrected chi connectivity index (χ3v) is 3.38. The second-order valence-electron chi connectivity index (χ2n) is 4.94. The molecule has 1 rings (SSSR count). The topological polar surface area (TPSA) is 52.7 Å². The number of rotatable bonds is 3. The smallest absolute Gasteiger partial charge is 0.359 e. The van der Waals surface area contributed by atoms with Gasteiger partial charge in [-0.2, -0.15) is 13.2 Å². The summed E-state index contributed by atoms with van der Waals surface area (Å²) in [7, 11) is 1.48. The van der Waals surface area contributed by atoms with Gasteiger partial charge in [0, 0.05) is 46.7 Å². The van der Waals surface area contributed by atoms with Gasteiger partial charge in [0.15, 0.2) is 0 Å². The number of halogens is 3. The van der Waals surface area contributed by atoms with E-state index in [0.29, 0.717) is 13.1 Å². The van der Waals surface area contributed by atoms with Gasteiger partial charge < -0.3 is 15.1 Å². The Balaban J connectivity index is 2.69. The van der Waals surface area contributed by atoms with Crippen molar-refractivity contribution in [3.05, 3.63) is 0 Å². The number of nitrogens with one attached hydrogen (secondary N) is 1. The molecular formula is C12H20F3N3O2. The zero-order chi connectivity index (χ0) is 15.3. The Morgan fingerprint density at radius 1 is 1.25 bits per heavy atom. The molecule has 1 heterocycles. The van der Waals surface area contributed by atoms with Gasteiger partial charge in [0.05, 0.1) is 12.3 Å². The quantitative estimate of drug-likeness (QED) is 0.823. The van der Waals surface area contributed by atoms with Crippen LogP contribution in [-0.2, 0) is 9.59 Å². The van der Waals surface area contributed by atoms with Crippen molar-refractivity contribution in [2.75, 3.05) is 39.8 Å². The average Bonchev–Trinajstić information content (AvgIpc) is 2.57. The third kappa shape index (κ3) is 5.36. The lowest BCUT2D eigenvalue weighted by atomic mass is 10.1. The number of carbonyl (C=O) groups excluding carboxylic acids is 2. The van der Waals surface area contributed by atoms with Gasteiger partial charge in [0.25, 0.3) is 0 Å². The molecular weight excluding hydrogens is 275 g/mol. The van der Waals surface area contributed by atoms with E-state index in [1.165, 1.54) is 18.9 Å². The molecule has 1 fully saturated rings. The first-order chi connectivity index (χ1) is 9.23. The predicted octanol–water partition coefficient (Wildman–Crippen LogP) is 0.465. The van der Waals surface area contributed by atoms with E-state index < -0.39 is 18.5 Å². The molecule has 0 aliphatic carbocycles. The first-order valence-electron chi connectivity index (χ1n) is 6.49. The second kappa shape index (κ2) is 6.92. The van der Waals surface area contributed by atoms with Gasteiger partial charge in [-0.05, 0) is 0 Å². The molecule has 0 aromatic rings. The normalized spacial score (nSPS) is 21.4. The monoisotopic (exact) mass is 295 g/mol. The summed E-state index contributed by atoms with van der Waals surface area (Å²) >= 11 is 0. The zero-order valence-electron chi connectivity index (χ0n) is 11.7. The summed E-state index contributed by atoms with van der Waals surface area (Å²) in [6, 6.07) is 0. The lowest BCUT2D eigenvalue weighted by Gasteiger charge is -2.23. The lowest BCUT2D eigenvalue weighted by Crippen LogP contribution is -2.41. The molecule has 8 heteroatoms. The van der Waals surface area contributed by atoms with E-state index in [-0.39, 0.29) is 31.4 Å². The minimum atomic E-state index is -4.21. The van der Waals surface area contributed by atoms with Crippen LogP contribution in [0.2, 0.25) is 0 Å². The molecule has 0 spiro atoms. The molecule has 2 amide bonds. The van der Waals surface area contributed by atoms with Crippen LogP contribution in [0.4, 0.5) is 13.2 Å². The lowest BCUT2D eigenvalue weighted by molar-refractivity contribution is -0.138. The van der Waals surface area contributed by atoms with Crippen LogP contribution in [-0.4, -0.2) is 67.6 Å². The van der Waals surface area contributed by atoms with Crippen molar-refractivity contribution in [1.29, 1.82) is 0 Å². The van der Waals surface area contributed by atoms with Crippen molar-refractivity contribution in [3.63, 3.8) is 0 Å². The maximum Gasteiger partial charge on any atom is 0.390 e. The Morgan fingerprint density at radius 2 is 1.90 bits per heavy atom. The summed E-state index contributed by atoms with van der Waals surface area (Å²) in [5, 5.41) is 2.49. The van der Waals surface area contributed by atoms with Crippen molar-refractivity contribution in [1.82, 2.24) is 15.1 Å². The maximum absolute atomic E-state index is 12.3. The summed E-state index contributed by atoms with van der Waals surface area (Å²) in [6.07, 6.45) is -5.12. The molecule has 0 radical (unpaired) electrons. The molecule has 1 N–H and O–H groups in total. The highest BCUT2D eigenvalue weighted by Gasteiger charge is 2.32. The largest absolute Gasteiger partial charge is 0.390 e. The maximum atomic E-state index is 12.3. The molecule has 1 aliphatic heterocycles. The average molecular weight is 295 g/mol. The first-order valence-corrected chi connectivity index (χ1v) is 6.49. The van der Waals surface area contributed by atoms with Crippen LogP contribution in [0.15, 0.2) is 0 Å². The Labute approximate surface area is 116 Å². The predicted molar refractivity (Wildman–Crippen MR) is 66.9 cm³/mol. The Bertz CT molecular complexity index is 360. The highest BCUT2D eigenvalue weighted by Crippen LogP contribution is 2.21. The van der Waals surface area contributed by atoms with Crippen LogP contribution in [0, 0.1) is 5.92 Å². The van der Waals surface area contributed by atoms with Gasteiger partial charge in [0.2, 0.25) is 11.8 Å². The van der Waals surface area contributed by atoms with E-state index in [0.717, 1.165) is 0 Å². The molecule has 0 unspecified atom stereocenters.